The maximum absolute atomic E-state index is 5.91. The second kappa shape index (κ2) is 4.30. The summed E-state index contributed by atoms with van der Waals surface area (Å²) in [7, 11) is 0. The molecule has 0 aliphatic rings. The molecule has 0 aliphatic carbocycles. The van der Waals surface area contributed by atoms with Crippen molar-refractivity contribution >= 4 is 11.0 Å². The molecule has 0 radical (unpaired) electrons. The third kappa shape index (κ3) is 1.63. The standard InChI is InChI=1S/C14H19NO/c1-4-10-12-7-5-6-11(9(2)3)14(12)16-13(10)8-15/h5-7,9H,4,8,15H2,1-3H3. The zero-order chi connectivity index (χ0) is 11.7. The first-order chi connectivity index (χ1) is 7.69. The van der Waals surface area contributed by atoms with Crippen molar-refractivity contribution in [1.29, 1.82) is 0 Å². The van der Waals surface area contributed by atoms with Gasteiger partial charge < -0.3 is 10.2 Å². The molecule has 16 heavy (non-hydrogen) atoms. The van der Waals surface area contributed by atoms with E-state index < -0.39 is 0 Å². The zero-order valence-electron chi connectivity index (χ0n) is 10.2. The predicted molar refractivity (Wildman–Crippen MR) is 67.6 cm³/mol. The van der Waals surface area contributed by atoms with E-state index in [0.717, 1.165) is 17.8 Å². The quantitative estimate of drug-likeness (QED) is 0.853. The van der Waals surface area contributed by atoms with Crippen molar-refractivity contribution in [2.75, 3.05) is 0 Å². The number of aryl methyl sites for hydroxylation is 1. The first-order valence-corrected chi connectivity index (χ1v) is 5.92. The summed E-state index contributed by atoms with van der Waals surface area (Å²) in [6.45, 7) is 7.00. The van der Waals surface area contributed by atoms with Crippen molar-refractivity contribution in [2.45, 2.75) is 39.7 Å². The summed E-state index contributed by atoms with van der Waals surface area (Å²) in [5.41, 5.74) is 9.28. The summed E-state index contributed by atoms with van der Waals surface area (Å²) >= 11 is 0. The topological polar surface area (TPSA) is 39.2 Å². The number of hydrogen-bond acceptors (Lipinski definition) is 2. The number of fused-ring (bicyclic) bond motifs is 1. The molecule has 2 N–H and O–H groups in total. The smallest absolute Gasteiger partial charge is 0.138 e. The average molecular weight is 217 g/mol. The molecular weight excluding hydrogens is 198 g/mol. The van der Waals surface area contributed by atoms with E-state index >= 15 is 0 Å². The number of nitrogens with two attached hydrogens (primary N) is 1. The second-order valence-corrected chi connectivity index (χ2v) is 4.44. The van der Waals surface area contributed by atoms with Gasteiger partial charge >= 0.3 is 0 Å². The van der Waals surface area contributed by atoms with E-state index in [4.69, 9.17) is 10.2 Å². The third-order valence-corrected chi connectivity index (χ3v) is 3.09. The Kier molecular flexibility index (Phi) is 3.01. The van der Waals surface area contributed by atoms with Crippen LogP contribution >= 0.6 is 0 Å². The van der Waals surface area contributed by atoms with Crippen LogP contribution in [-0.2, 0) is 13.0 Å². The minimum Gasteiger partial charge on any atom is -0.459 e. The molecule has 2 aromatic rings. The molecule has 1 aromatic carbocycles. The normalized spacial score (nSPS) is 11.6. The fraction of sp³-hybridized carbons (Fsp3) is 0.429. The van der Waals surface area contributed by atoms with Crippen molar-refractivity contribution in [3.05, 3.63) is 35.1 Å². The molecule has 0 saturated carbocycles. The van der Waals surface area contributed by atoms with E-state index in [9.17, 15) is 0 Å². The summed E-state index contributed by atoms with van der Waals surface area (Å²) < 4.78 is 5.91. The molecule has 0 unspecified atom stereocenters. The highest BCUT2D eigenvalue weighted by Crippen LogP contribution is 2.32. The number of hydrogen-bond donors (Lipinski definition) is 1. The maximum atomic E-state index is 5.91. The van der Waals surface area contributed by atoms with E-state index in [0.29, 0.717) is 12.5 Å². The Morgan fingerprint density at radius 1 is 1.31 bits per heavy atom. The monoisotopic (exact) mass is 217 g/mol. The molecule has 0 amide bonds. The van der Waals surface area contributed by atoms with Crippen LogP contribution in [-0.4, -0.2) is 0 Å². The molecule has 86 valence electrons. The van der Waals surface area contributed by atoms with Gasteiger partial charge in [0.05, 0.1) is 6.54 Å². The molecule has 2 nitrogen and oxygen atoms in total. The molecule has 0 atom stereocenters. The Balaban J connectivity index is 2.75. The first kappa shape index (κ1) is 11.2. The van der Waals surface area contributed by atoms with E-state index in [1.807, 2.05) is 0 Å². The average Bonchev–Trinajstić information content (AvgIpc) is 2.65. The van der Waals surface area contributed by atoms with Crippen LogP contribution in [0.5, 0.6) is 0 Å². The van der Waals surface area contributed by atoms with Gasteiger partial charge in [0.25, 0.3) is 0 Å². The third-order valence-electron chi connectivity index (χ3n) is 3.09. The summed E-state index contributed by atoms with van der Waals surface area (Å²) in [5, 5.41) is 1.23. The van der Waals surface area contributed by atoms with Gasteiger partial charge in [-0.2, -0.15) is 0 Å². The molecule has 0 aliphatic heterocycles. The Morgan fingerprint density at radius 2 is 2.06 bits per heavy atom. The summed E-state index contributed by atoms with van der Waals surface area (Å²) in [6, 6.07) is 6.37. The molecule has 2 rings (SSSR count). The lowest BCUT2D eigenvalue weighted by Crippen LogP contribution is -1.97. The highest BCUT2D eigenvalue weighted by molar-refractivity contribution is 5.85. The van der Waals surface area contributed by atoms with Crippen molar-refractivity contribution in [3.63, 3.8) is 0 Å². The van der Waals surface area contributed by atoms with E-state index in [1.54, 1.807) is 0 Å². The Labute approximate surface area is 96.4 Å². The van der Waals surface area contributed by atoms with Crippen LogP contribution in [0.15, 0.2) is 22.6 Å². The molecule has 1 heterocycles. The van der Waals surface area contributed by atoms with E-state index in [2.05, 4.69) is 39.0 Å². The van der Waals surface area contributed by atoms with Crippen molar-refractivity contribution in [3.8, 4) is 0 Å². The molecule has 1 aromatic heterocycles. The van der Waals surface area contributed by atoms with Crippen LogP contribution in [0.1, 0.15) is 43.6 Å². The molecule has 0 fully saturated rings. The lowest BCUT2D eigenvalue weighted by atomic mass is 9.99. The number of rotatable bonds is 3. The van der Waals surface area contributed by atoms with Gasteiger partial charge in [0, 0.05) is 10.9 Å². The van der Waals surface area contributed by atoms with Gasteiger partial charge in [-0.25, -0.2) is 0 Å². The molecule has 2 heteroatoms. The van der Waals surface area contributed by atoms with E-state index in [1.165, 1.54) is 16.5 Å². The fourth-order valence-corrected chi connectivity index (χ4v) is 2.25. The van der Waals surface area contributed by atoms with Gasteiger partial charge in [-0.15, -0.1) is 0 Å². The van der Waals surface area contributed by atoms with Crippen LogP contribution in [0.2, 0.25) is 0 Å². The lowest BCUT2D eigenvalue weighted by Gasteiger charge is -2.05. The van der Waals surface area contributed by atoms with Gasteiger partial charge in [-0.1, -0.05) is 39.0 Å². The molecule has 0 bridgehead atoms. The first-order valence-electron chi connectivity index (χ1n) is 5.92. The van der Waals surface area contributed by atoms with Crippen LogP contribution in [0.4, 0.5) is 0 Å². The van der Waals surface area contributed by atoms with Gasteiger partial charge in [0.2, 0.25) is 0 Å². The SMILES string of the molecule is CCc1c(CN)oc2c(C(C)C)cccc12. The number of furan rings is 1. The second-order valence-electron chi connectivity index (χ2n) is 4.44. The number of benzene rings is 1. The van der Waals surface area contributed by atoms with Crippen molar-refractivity contribution in [1.82, 2.24) is 0 Å². The molecule has 0 spiro atoms. The lowest BCUT2D eigenvalue weighted by molar-refractivity contribution is 0.541. The largest absolute Gasteiger partial charge is 0.459 e. The van der Waals surface area contributed by atoms with E-state index in [-0.39, 0.29) is 0 Å². The van der Waals surface area contributed by atoms with Crippen LogP contribution in [0, 0.1) is 0 Å². The van der Waals surface area contributed by atoms with Crippen LogP contribution in [0.25, 0.3) is 11.0 Å². The summed E-state index contributed by atoms with van der Waals surface area (Å²) in [4.78, 5) is 0. The molecular formula is C14H19NO. The van der Waals surface area contributed by atoms with Gasteiger partial charge in [0.1, 0.15) is 11.3 Å². The van der Waals surface area contributed by atoms with Gasteiger partial charge in [-0.3, -0.25) is 0 Å². The molecule has 0 saturated heterocycles. The zero-order valence-corrected chi connectivity index (χ0v) is 10.2. The Morgan fingerprint density at radius 3 is 2.62 bits per heavy atom. The van der Waals surface area contributed by atoms with Crippen LogP contribution < -0.4 is 5.73 Å². The summed E-state index contributed by atoms with van der Waals surface area (Å²) in [5.74, 6) is 1.41. The van der Waals surface area contributed by atoms with Crippen molar-refractivity contribution < 1.29 is 4.42 Å². The Bertz CT molecular complexity index is 497. The highest BCUT2D eigenvalue weighted by Gasteiger charge is 2.15. The van der Waals surface area contributed by atoms with Gasteiger partial charge in [-0.05, 0) is 17.9 Å². The van der Waals surface area contributed by atoms with Crippen molar-refractivity contribution in [2.24, 2.45) is 5.73 Å². The van der Waals surface area contributed by atoms with Crippen LogP contribution in [0.3, 0.4) is 0 Å². The van der Waals surface area contributed by atoms with Gasteiger partial charge in [0.15, 0.2) is 0 Å². The summed E-state index contributed by atoms with van der Waals surface area (Å²) in [6.07, 6.45) is 0.973. The maximum Gasteiger partial charge on any atom is 0.138 e. The minimum absolute atomic E-state index is 0.477. The minimum atomic E-state index is 0.477. The fourth-order valence-electron chi connectivity index (χ4n) is 2.25. The Hall–Kier alpha value is -1.28. The number of para-hydroxylation sites is 1. The highest BCUT2D eigenvalue weighted by atomic mass is 16.3. The predicted octanol–water partition coefficient (Wildman–Crippen LogP) is 3.58.